The van der Waals surface area contributed by atoms with E-state index >= 15 is 0 Å². The number of nitriles is 1. The molecule has 0 aliphatic carbocycles. The van der Waals surface area contributed by atoms with Gasteiger partial charge in [0, 0.05) is 42.9 Å². The van der Waals surface area contributed by atoms with Crippen LogP contribution in [0.25, 0.3) is 94.7 Å². The molecule has 7 nitrogen and oxygen atoms in total. The number of fused-ring (bicyclic) bond motifs is 4. The number of furan rings is 1. The van der Waals surface area contributed by atoms with Crippen molar-refractivity contribution in [3.05, 3.63) is 210 Å². The summed E-state index contributed by atoms with van der Waals surface area (Å²) in [5, 5.41) is 11.5. The number of aromatic nitrogens is 5. The zero-order chi connectivity index (χ0) is 50.0. The molecule has 0 bridgehead atoms. The fraction of sp³-hybridized carbons (Fsp3) is 0.185. The zero-order valence-corrected chi connectivity index (χ0v) is 44.8. The van der Waals surface area contributed by atoms with E-state index in [0.717, 1.165) is 78.1 Å². The average Bonchev–Trinajstić information content (AvgIpc) is 4.00. The second-order valence-electron chi connectivity index (χ2n) is 19.5. The number of pyridine rings is 1. The first-order chi connectivity index (χ1) is 35.0. The largest absolute Gasteiger partial charge is 0.501 e. The van der Waals surface area contributed by atoms with Crippen molar-refractivity contribution in [2.75, 3.05) is 0 Å². The van der Waals surface area contributed by atoms with Gasteiger partial charge in [0.05, 0.1) is 33.8 Å². The summed E-state index contributed by atoms with van der Waals surface area (Å²) < 4.78 is 8.88. The van der Waals surface area contributed by atoms with E-state index in [0.29, 0.717) is 0 Å². The van der Waals surface area contributed by atoms with E-state index in [2.05, 4.69) is 202 Å². The molecule has 0 aliphatic rings. The molecular weight excluding hydrogens is 1070 g/mol. The molecule has 0 unspecified atom stereocenters. The van der Waals surface area contributed by atoms with Gasteiger partial charge in [0.2, 0.25) is 5.82 Å². The van der Waals surface area contributed by atoms with Crippen molar-refractivity contribution in [3.8, 4) is 67.8 Å². The maximum atomic E-state index is 9.35. The Bertz CT molecular complexity index is 3710. The Morgan fingerprint density at radius 1 is 0.562 bits per heavy atom. The molecule has 4 heterocycles. The normalized spacial score (nSPS) is 11.4. The summed E-state index contributed by atoms with van der Waals surface area (Å²) in [7, 11) is 0. The summed E-state index contributed by atoms with van der Waals surface area (Å²) in [6.07, 6.45) is 1.79. The molecule has 0 fully saturated rings. The van der Waals surface area contributed by atoms with Crippen LogP contribution in [0, 0.1) is 23.5 Å². The third-order valence-corrected chi connectivity index (χ3v) is 13.3. The quantitative estimate of drug-likeness (QED) is 0.127. The summed E-state index contributed by atoms with van der Waals surface area (Å²) >= 11 is 0. The Labute approximate surface area is 442 Å². The van der Waals surface area contributed by atoms with E-state index in [-0.39, 0.29) is 49.6 Å². The van der Waals surface area contributed by atoms with Gasteiger partial charge in [-0.25, -0.2) is 9.97 Å². The second kappa shape index (κ2) is 21.5. The Hall–Kier alpha value is -7.82. The molecule has 363 valence electrons. The Morgan fingerprint density at radius 3 is 1.82 bits per heavy atom. The standard InChI is InChI=1S/C43H35N2O.C22H21N4.Ir/c1-27(2)36-25-32(31-23-21-30(22-24-31)29-13-6-5-7-14-29)26-37(28(3)4)41(36)45-39-19-10-9-18-38(39)44-43(45)35-17-12-16-34-33-15-8-11-20-40(33)46-42(34)35;1-14(2)20-19(21(15(3)4)26-18(13-23)25-20)17-11-8-12-24-22(17)16-9-6-5-7-10-16;/h5-16,18-28H,1-4H3;5-9,11-12,14-15H,1-4H3;/q2*-1;. The van der Waals surface area contributed by atoms with Gasteiger partial charge in [-0.05, 0) is 105 Å². The molecule has 11 rings (SSSR count). The second-order valence-corrected chi connectivity index (χ2v) is 19.5. The van der Waals surface area contributed by atoms with Crippen LogP contribution in [0.1, 0.15) is 107 Å². The molecule has 73 heavy (non-hydrogen) atoms. The van der Waals surface area contributed by atoms with E-state index < -0.39 is 0 Å². The number of para-hydroxylation sites is 3. The van der Waals surface area contributed by atoms with E-state index in [9.17, 15) is 5.26 Å². The molecule has 0 saturated heterocycles. The molecule has 7 aromatic carbocycles. The predicted molar refractivity (Wildman–Crippen MR) is 294 cm³/mol. The number of benzene rings is 7. The van der Waals surface area contributed by atoms with Crippen molar-refractivity contribution in [3.63, 3.8) is 0 Å². The van der Waals surface area contributed by atoms with Gasteiger partial charge in [-0.1, -0.05) is 157 Å². The van der Waals surface area contributed by atoms with E-state index in [1.807, 2.05) is 54.6 Å². The number of imidazole rings is 1. The van der Waals surface area contributed by atoms with Gasteiger partial charge in [0.15, 0.2) is 0 Å². The zero-order valence-electron chi connectivity index (χ0n) is 42.4. The topological polar surface area (TPSA) is 93.4 Å². The number of hydrogen-bond donors (Lipinski definition) is 0. The van der Waals surface area contributed by atoms with Crippen LogP contribution in [-0.4, -0.2) is 24.5 Å². The molecular formula is C65H56IrN6O-2. The maximum Gasteiger partial charge on any atom is 0.232 e. The first-order valence-corrected chi connectivity index (χ1v) is 24.9. The molecule has 0 spiro atoms. The van der Waals surface area contributed by atoms with Gasteiger partial charge in [-0.2, -0.15) is 5.26 Å². The van der Waals surface area contributed by atoms with Crippen molar-refractivity contribution in [2.24, 2.45) is 0 Å². The fourth-order valence-corrected chi connectivity index (χ4v) is 9.77. The van der Waals surface area contributed by atoms with Gasteiger partial charge >= 0.3 is 0 Å². The average molecular weight is 1130 g/mol. The van der Waals surface area contributed by atoms with Crippen molar-refractivity contribution in [1.82, 2.24) is 24.5 Å². The van der Waals surface area contributed by atoms with Gasteiger partial charge < -0.3 is 14.0 Å². The predicted octanol–water partition coefficient (Wildman–Crippen LogP) is 17.1. The minimum absolute atomic E-state index is 0. The van der Waals surface area contributed by atoms with Gasteiger partial charge in [-0.15, -0.1) is 54.1 Å². The van der Waals surface area contributed by atoms with E-state index in [4.69, 9.17) is 9.40 Å². The first-order valence-electron chi connectivity index (χ1n) is 24.9. The summed E-state index contributed by atoms with van der Waals surface area (Å²) in [5.41, 5.74) is 18.7. The molecule has 1 radical (unpaired) electrons. The third kappa shape index (κ3) is 9.79. The van der Waals surface area contributed by atoms with Crippen molar-refractivity contribution in [1.29, 1.82) is 5.26 Å². The molecule has 0 amide bonds. The maximum absolute atomic E-state index is 9.35. The number of hydrogen-bond acceptors (Lipinski definition) is 6. The van der Waals surface area contributed by atoms with Crippen LogP contribution in [0.3, 0.4) is 0 Å². The Morgan fingerprint density at radius 2 is 1.18 bits per heavy atom. The van der Waals surface area contributed by atoms with Crippen LogP contribution >= 0.6 is 0 Å². The first kappa shape index (κ1) is 50.1. The summed E-state index contributed by atoms with van der Waals surface area (Å²) in [5.74, 6) is 1.93. The van der Waals surface area contributed by atoms with Crippen LogP contribution in [0.4, 0.5) is 0 Å². The molecule has 0 saturated carbocycles. The molecule has 0 N–H and O–H groups in total. The summed E-state index contributed by atoms with van der Waals surface area (Å²) in [6.45, 7) is 17.5. The van der Waals surface area contributed by atoms with Crippen LogP contribution in [0.5, 0.6) is 0 Å². The van der Waals surface area contributed by atoms with Gasteiger partial charge in [0.1, 0.15) is 11.7 Å². The SMILES string of the molecule is CC(C)c1cc(-c2ccc(-c3ccccc3)cc2)cc(C(C)C)c1-n1c(-c2[c-]ccc3c2oc2ccccc23)nc2ccccc21.CC(C)c1nc(C#N)nc(C(C)C)c1-c1cccnc1-c1[c-]cccc1.[Ir]. The van der Waals surface area contributed by atoms with Crippen molar-refractivity contribution >= 4 is 33.0 Å². The van der Waals surface area contributed by atoms with E-state index in [1.54, 1.807) is 6.20 Å². The molecule has 11 aromatic rings. The third-order valence-electron chi connectivity index (χ3n) is 13.3. The smallest absolute Gasteiger partial charge is 0.232 e. The van der Waals surface area contributed by atoms with Crippen LogP contribution in [0.15, 0.2) is 174 Å². The summed E-state index contributed by atoms with van der Waals surface area (Å²) in [4.78, 5) is 19.0. The van der Waals surface area contributed by atoms with Crippen LogP contribution < -0.4 is 0 Å². The Balaban J connectivity index is 0.000000207. The number of rotatable bonds is 10. The molecule has 0 aliphatic heterocycles. The van der Waals surface area contributed by atoms with Crippen LogP contribution in [0.2, 0.25) is 0 Å². The fourth-order valence-electron chi connectivity index (χ4n) is 9.77. The monoisotopic (exact) mass is 1130 g/mol. The van der Waals surface area contributed by atoms with Gasteiger partial charge in [0.25, 0.3) is 0 Å². The molecule has 0 atom stereocenters. The van der Waals surface area contributed by atoms with Crippen LogP contribution in [-0.2, 0) is 20.1 Å². The van der Waals surface area contributed by atoms with Gasteiger partial charge in [-0.3, -0.25) is 4.98 Å². The molecule has 4 aromatic heterocycles. The van der Waals surface area contributed by atoms with Crippen molar-refractivity contribution in [2.45, 2.75) is 79.1 Å². The van der Waals surface area contributed by atoms with Crippen molar-refractivity contribution < 1.29 is 24.5 Å². The summed E-state index contributed by atoms with van der Waals surface area (Å²) in [6, 6.07) is 65.7. The minimum Gasteiger partial charge on any atom is -0.501 e. The number of nitrogens with zero attached hydrogens (tertiary/aromatic N) is 6. The Kier molecular flexibility index (Phi) is 14.8. The molecule has 8 heteroatoms. The minimum atomic E-state index is 0. The van der Waals surface area contributed by atoms with E-state index in [1.165, 1.54) is 39.1 Å².